The maximum absolute atomic E-state index is 6.28. The van der Waals surface area contributed by atoms with Crippen molar-refractivity contribution in [3.63, 3.8) is 0 Å². The van der Waals surface area contributed by atoms with E-state index >= 15 is 0 Å². The smallest absolute Gasteiger partial charge is 0.165 e. The van der Waals surface area contributed by atoms with E-state index in [1.54, 1.807) is 0 Å². The molecule has 0 saturated carbocycles. The molecule has 0 aromatic heterocycles. The van der Waals surface area contributed by atoms with Gasteiger partial charge in [-0.3, -0.25) is 0 Å². The Morgan fingerprint density at radius 3 is 2.41 bits per heavy atom. The highest BCUT2D eigenvalue weighted by Crippen LogP contribution is 2.48. The average molecular weight is 409 g/mol. The van der Waals surface area contributed by atoms with Crippen LogP contribution in [0.15, 0.2) is 78.9 Å². The van der Waals surface area contributed by atoms with Crippen LogP contribution < -0.4 is 5.19 Å². The molecule has 2 radical (unpaired) electrons. The number of hydrogen-bond donors (Lipinski definition) is 0. The van der Waals surface area contributed by atoms with Gasteiger partial charge in [-0.15, -0.1) is 0 Å². The summed E-state index contributed by atoms with van der Waals surface area (Å²) in [6.45, 7) is 4.40. The van der Waals surface area contributed by atoms with Gasteiger partial charge in [0, 0.05) is 5.92 Å². The number of aryl methyl sites for hydroxylation is 1. The molecule has 140 valence electrons. The summed E-state index contributed by atoms with van der Waals surface area (Å²) in [4.78, 5) is 0. The summed E-state index contributed by atoms with van der Waals surface area (Å²) in [6, 6.07) is 28.7. The number of fused-ring (bicyclic) bond motifs is 2. The van der Waals surface area contributed by atoms with Crippen molar-refractivity contribution in [2.45, 2.75) is 19.8 Å². The molecule has 1 unspecified atom stereocenters. The largest absolute Gasteiger partial charge is 0.210 e. The van der Waals surface area contributed by atoms with E-state index in [9.17, 15) is 0 Å². The van der Waals surface area contributed by atoms with Crippen molar-refractivity contribution in [3.05, 3.63) is 112 Å². The summed E-state index contributed by atoms with van der Waals surface area (Å²) in [5, 5.41) is 3.85. The molecule has 0 bridgehead atoms. The van der Waals surface area contributed by atoms with Crippen LogP contribution in [0.5, 0.6) is 0 Å². The Labute approximate surface area is 179 Å². The zero-order valence-corrected chi connectivity index (χ0v) is 18.3. The lowest BCUT2D eigenvalue weighted by atomic mass is 9.82. The van der Waals surface area contributed by atoms with Crippen LogP contribution in [0.2, 0.25) is 0 Å². The zero-order valence-electron chi connectivity index (χ0n) is 16.5. The molecule has 2 heteroatoms. The Morgan fingerprint density at radius 1 is 0.793 bits per heavy atom. The van der Waals surface area contributed by atoms with Gasteiger partial charge in [0.15, 0.2) is 0 Å². The van der Waals surface area contributed by atoms with Crippen molar-refractivity contribution < 1.29 is 0 Å². The molecule has 0 N–H and O–H groups in total. The fourth-order valence-corrected chi connectivity index (χ4v) is 5.72. The average Bonchev–Trinajstić information content (AvgIpc) is 3.12. The van der Waals surface area contributed by atoms with Crippen LogP contribution in [0.4, 0.5) is 0 Å². The molecule has 0 nitrogen and oxygen atoms in total. The maximum Gasteiger partial charge on any atom is 0.210 e. The van der Waals surface area contributed by atoms with Gasteiger partial charge in [-0.2, -0.15) is 11.1 Å². The quantitative estimate of drug-likeness (QED) is 0.263. The minimum absolute atomic E-state index is 0.226. The third-order valence-electron chi connectivity index (χ3n) is 6.03. The minimum atomic E-state index is 0.226. The molecule has 1 aliphatic carbocycles. The first-order chi connectivity index (χ1) is 14.2. The molecule has 5 rings (SSSR count). The Kier molecular flexibility index (Phi) is 4.65. The molecule has 1 atom stereocenters. The monoisotopic (exact) mass is 408 g/mol. The van der Waals surface area contributed by atoms with Gasteiger partial charge in [0.25, 0.3) is 0 Å². The molecule has 0 aliphatic heterocycles. The topological polar surface area (TPSA) is 0 Å². The van der Waals surface area contributed by atoms with Crippen LogP contribution in [0.1, 0.15) is 39.3 Å². The van der Waals surface area contributed by atoms with E-state index < -0.39 is 0 Å². The SMILES string of the molecule is Cc1cc(C2=Cc3ccccc3C2c2cccc([Si]Cl)c2C)c2ccccc2c1. The molecule has 0 amide bonds. The van der Waals surface area contributed by atoms with Crippen LogP contribution in [-0.2, 0) is 0 Å². The molecular formula is C27H21ClSi. The Balaban J connectivity index is 1.80. The summed E-state index contributed by atoms with van der Waals surface area (Å²) < 4.78 is 0. The predicted molar refractivity (Wildman–Crippen MR) is 127 cm³/mol. The van der Waals surface area contributed by atoms with Crippen LogP contribution in [0, 0.1) is 13.8 Å². The maximum atomic E-state index is 6.28. The van der Waals surface area contributed by atoms with Gasteiger partial charge < -0.3 is 0 Å². The lowest BCUT2D eigenvalue weighted by Crippen LogP contribution is -2.17. The highest BCUT2D eigenvalue weighted by molar-refractivity contribution is 7.01. The lowest BCUT2D eigenvalue weighted by Gasteiger charge is -2.22. The fourth-order valence-electron chi connectivity index (χ4n) is 4.66. The summed E-state index contributed by atoms with van der Waals surface area (Å²) in [6.07, 6.45) is 2.39. The van der Waals surface area contributed by atoms with Crippen molar-refractivity contribution in [2.24, 2.45) is 0 Å². The van der Waals surface area contributed by atoms with Gasteiger partial charge in [0.05, 0.1) is 0 Å². The van der Waals surface area contributed by atoms with E-state index in [1.165, 1.54) is 54.9 Å². The highest BCUT2D eigenvalue weighted by Gasteiger charge is 2.30. The van der Waals surface area contributed by atoms with Gasteiger partial charge in [-0.1, -0.05) is 78.9 Å². The van der Waals surface area contributed by atoms with E-state index in [0.717, 1.165) is 0 Å². The number of benzene rings is 4. The van der Waals surface area contributed by atoms with Crippen LogP contribution in [0.3, 0.4) is 0 Å². The third kappa shape index (κ3) is 3.06. The van der Waals surface area contributed by atoms with Crippen LogP contribution in [-0.4, -0.2) is 8.83 Å². The number of hydrogen-bond acceptors (Lipinski definition) is 0. The second-order valence-electron chi connectivity index (χ2n) is 7.81. The first kappa shape index (κ1) is 18.4. The first-order valence-electron chi connectivity index (χ1n) is 9.94. The predicted octanol–water partition coefficient (Wildman–Crippen LogP) is 6.63. The zero-order chi connectivity index (χ0) is 20.0. The fraction of sp³-hybridized carbons (Fsp3) is 0.111. The van der Waals surface area contributed by atoms with Gasteiger partial charge >= 0.3 is 0 Å². The van der Waals surface area contributed by atoms with E-state index in [2.05, 4.69) is 98.8 Å². The molecule has 0 heterocycles. The minimum Gasteiger partial charge on any atom is -0.165 e. The van der Waals surface area contributed by atoms with Gasteiger partial charge in [0.1, 0.15) is 0 Å². The second kappa shape index (κ2) is 7.33. The Morgan fingerprint density at radius 2 is 1.55 bits per heavy atom. The standard InChI is InChI=1S/C27H21ClSi/c1-17-14-19-8-3-5-10-22(19)24(15-17)25-16-20-9-4-6-11-23(20)27(25)21-12-7-13-26(29-28)18(21)2/h3-16,27H,1-2H3. The highest BCUT2D eigenvalue weighted by atomic mass is 35.6. The van der Waals surface area contributed by atoms with Crippen molar-refractivity contribution in [3.8, 4) is 0 Å². The molecular weight excluding hydrogens is 388 g/mol. The molecule has 4 aromatic carbocycles. The normalized spacial score (nSPS) is 15.4. The summed E-state index contributed by atoms with van der Waals surface area (Å²) in [7, 11) is 0.288. The van der Waals surface area contributed by atoms with E-state index in [4.69, 9.17) is 11.1 Å². The molecule has 0 spiro atoms. The van der Waals surface area contributed by atoms with Gasteiger partial charge in [0.2, 0.25) is 8.83 Å². The molecule has 0 fully saturated rings. The molecule has 4 aromatic rings. The van der Waals surface area contributed by atoms with E-state index in [0.29, 0.717) is 0 Å². The summed E-state index contributed by atoms with van der Waals surface area (Å²) in [5.41, 5.74) is 9.37. The Bertz CT molecular complexity index is 1270. The van der Waals surface area contributed by atoms with Crippen molar-refractivity contribution in [1.82, 2.24) is 0 Å². The first-order valence-corrected chi connectivity index (χ1v) is 11.9. The lowest BCUT2D eigenvalue weighted by molar-refractivity contribution is 1.05. The van der Waals surface area contributed by atoms with E-state index in [1.807, 2.05) is 0 Å². The summed E-state index contributed by atoms with van der Waals surface area (Å²) in [5.74, 6) is 0.226. The van der Waals surface area contributed by atoms with Crippen LogP contribution >= 0.6 is 11.1 Å². The van der Waals surface area contributed by atoms with Gasteiger partial charge in [-0.05, 0) is 74.8 Å². The van der Waals surface area contributed by atoms with Crippen LogP contribution in [0.25, 0.3) is 22.4 Å². The Hall–Kier alpha value is -2.61. The third-order valence-corrected chi connectivity index (χ3v) is 7.39. The number of allylic oxidation sites excluding steroid dienone is 1. The van der Waals surface area contributed by atoms with Gasteiger partial charge in [-0.25, -0.2) is 0 Å². The second-order valence-corrected chi connectivity index (χ2v) is 9.10. The van der Waals surface area contributed by atoms with Crippen molar-refractivity contribution in [1.29, 1.82) is 0 Å². The number of rotatable bonds is 3. The number of halogens is 1. The molecule has 1 aliphatic rings. The molecule has 0 saturated heterocycles. The summed E-state index contributed by atoms with van der Waals surface area (Å²) >= 11 is 6.28. The van der Waals surface area contributed by atoms with E-state index in [-0.39, 0.29) is 14.7 Å². The van der Waals surface area contributed by atoms with Crippen molar-refractivity contribution in [2.75, 3.05) is 0 Å². The van der Waals surface area contributed by atoms with Crippen molar-refractivity contribution >= 4 is 47.5 Å². The molecule has 29 heavy (non-hydrogen) atoms.